The first-order valence-corrected chi connectivity index (χ1v) is 3.44. The van der Waals surface area contributed by atoms with Crippen molar-refractivity contribution >= 4 is 11.4 Å². The normalized spacial score (nSPS) is 9.50. The number of nitro groups is 1. The molecule has 0 aliphatic carbocycles. The molecule has 4 heteroatoms. The van der Waals surface area contributed by atoms with Gasteiger partial charge in [-0.15, -0.1) is 0 Å². The van der Waals surface area contributed by atoms with Crippen molar-refractivity contribution < 1.29 is 4.92 Å². The first kappa shape index (κ1) is 8.52. The summed E-state index contributed by atoms with van der Waals surface area (Å²) in [6.45, 7) is 0. The van der Waals surface area contributed by atoms with Crippen molar-refractivity contribution in [2.75, 3.05) is 19.0 Å². The maximum Gasteiger partial charge on any atom is 0.271 e. The zero-order valence-electron chi connectivity index (χ0n) is 6.94. The lowest BCUT2D eigenvalue weighted by atomic mass is 10.3. The van der Waals surface area contributed by atoms with E-state index in [9.17, 15) is 10.1 Å². The lowest BCUT2D eigenvalue weighted by Crippen LogP contribution is -2.08. The highest BCUT2D eigenvalue weighted by molar-refractivity contribution is 5.50. The van der Waals surface area contributed by atoms with Crippen LogP contribution in [-0.2, 0) is 0 Å². The molecule has 1 radical (unpaired) electrons. The van der Waals surface area contributed by atoms with Crippen molar-refractivity contribution in [3.63, 3.8) is 0 Å². The molecule has 0 aliphatic heterocycles. The number of hydrogen-bond acceptors (Lipinski definition) is 3. The Morgan fingerprint density at radius 2 is 2.25 bits per heavy atom. The van der Waals surface area contributed by atoms with Gasteiger partial charge in [0.1, 0.15) is 0 Å². The summed E-state index contributed by atoms with van der Waals surface area (Å²) in [5.41, 5.74) is 0.807. The molecule has 0 saturated heterocycles. The summed E-state index contributed by atoms with van der Waals surface area (Å²) in [6, 6.07) is 7.34. The molecule has 0 N–H and O–H groups in total. The molecule has 0 saturated carbocycles. The number of nitrogens with zero attached hydrogens (tertiary/aromatic N) is 2. The summed E-state index contributed by atoms with van der Waals surface area (Å²) < 4.78 is 0. The Bertz CT molecular complexity index is 297. The molecule has 1 rings (SSSR count). The van der Waals surface area contributed by atoms with E-state index in [1.54, 1.807) is 11.0 Å². The van der Waals surface area contributed by atoms with Crippen LogP contribution in [0.25, 0.3) is 0 Å². The highest BCUT2D eigenvalue weighted by atomic mass is 16.6. The third kappa shape index (κ3) is 1.72. The second-order valence-corrected chi connectivity index (χ2v) is 2.58. The highest BCUT2D eigenvalue weighted by Crippen LogP contribution is 2.17. The molecule has 0 amide bonds. The Morgan fingerprint density at radius 3 is 2.75 bits per heavy atom. The molecule has 0 heterocycles. The lowest BCUT2D eigenvalue weighted by Gasteiger charge is -2.10. The zero-order chi connectivity index (χ0) is 9.14. The summed E-state index contributed by atoms with van der Waals surface area (Å²) in [5.74, 6) is 0. The molecule has 0 unspecified atom stereocenters. The van der Waals surface area contributed by atoms with E-state index in [4.69, 9.17) is 0 Å². The molecule has 1 aromatic carbocycles. The maximum absolute atomic E-state index is 10.3. The summed E-state index contributed by atoms with van der Waals surface area (Å²) in [6.07, 6.45) is 0. The largest absolute Gasteiger partial charge is 0.377 e. The van der Waals surface area contributed by atoms with E-state index in [0.29, 0.717) is 5.69 Å². The molecular weight excluding hydrogens is 156 g/mol. The van der Waals surface area contributed by atoms with Gasteiger partial charge in [-0.2, -0.15) is 0 Å². The molecule has 1 aromatic rings. The van der Waals surface area contributed by atoms with Gasteiger partial charge in [0, 0.05) is 32.3 Å². The Hall–Kier alpha value is -1.58. The number of benzene rings is 1. The topological polar surface area (TPSA) is 46.4 Å². The van der Waals surface area contributed by atoms with E-state index in [2.05, 4.69) is 6.07 Å². The molecule has 0 atom stereocenters. The van der Waals surface area contributed by atoms with Gasteiger partial charge in [0.15, 0.2) is 0 Å². The average molecular weight is 165 g/mol. The number of anilines is 1. The Balaban J connectivity index is 3.04. The minimum atomic E-state index is -0.416. The van der Waals surface area contributed by atoms with Crippen molar-refractivity contribution in [2.45, 2.75) is 0 Å². The van der Waals surface area contributed by atoms with Gasteiger partial charge in [-0.05, 0) is 6.07 Å². The minimum Gasteiger partial charge on any atom is -0.377 e. The quantitative estimate of drug-likeness (QED) is 0.492. The van der Waals surface area contributed by atoms with Crippen molar-refractivity contribution in [2.24, 2.45) is 0 Å². The van der Waals surface area contributed by atoms with E-state index in [-0.39, 0.29) is 5.69 Å². The summed E-state index contributed by atoms with van der Waals surface area (Å²) in [7, 11) is 3.63. The lowest BCUT2D eigenvalue weighted by molar-refractivity contribution is -0.384. The van der Waals surface area contributed by atoms with Crippen molar-refractivity contribution in [1.29, 1.82) is 0 Å². The van der Waals surface area contributed by atoms with Gasteiger partial charge in [0.05, 0.1) is 10.6 Å². The van der Waals surface area contributed by atoms with Crippen LogP contribution in [0.1, 0.15) is 0 Å². The second-order valence-electron chi connectivity index (χ2n) is 2.58. The van der Waals surface area contributed by atoms with Gasteiger partial charge >= 0.3 is 0 Å². The van der Waals surface area contributed by atoms with Crippen LogP contribution in [0.2, 0.25) is 0 Å². The number of hydrogen-bond donors (Lipinski definition) is 0. The van der Waals surface area contributed by atoms with E-state index < -0.39 is 4.92 Å². The predicted molar refractivity (Wildman–Crippen MR) is 46.3 cm³/mol. The molecule has 4 nitrogen and oxygen atoms in total. The predicted octanol–water partition coefficient (Wildman–Crippen LogP) is 1.46. The van der Waals surface area contributed by atoms with Crippen LogP contribution in [0.15, 0.2) is 18.2 Å². The van der Waals surface area contributed by atoms with Crippen molar-refractivity contribution in [1.82, 2.24) is 0 Å². The first-order valence-electron chi connectivity index (χ1n) is 3.44. The standard InChI is InChI=1S/C8H9N2O2/c1-9(2)7-4-3-5-8(6-7)10(11)12/h3,5-6H,1-2H3. The molecule has 0 aliphatic rings. The van der Waals surface area contributed by atoms with Crippen LogP contribution >= 0.6 is 0 Å². The molecule has 0 spiro atoms. The Kier molecular flexibility index (Phi) is 2.28. The third-order valence-electron chi connectivity index (χ3n) is 1.46. The molecule has 63 valence electrons. The minimum absolute atomic E-state index is 0.0949. The van der Waals surface area contributed by atoms with E-state index in [1.807, 2.05) is 14.1 Å². The maximum atomic E-state index is 10.3. The fraction of sp³-hybridized carbons (Fsp3) is 0.250. The fourth-order valence-electron chi connectivity index (χ4n) is 0.814. The fourth-order valence-corrected chi connectivity index (χ4v) is 0.814. The average Bonchev–Trinajstić information content (AvgIpc) is 2.04. The van der Waals surface area contributed by atoms with Gasteiger partial charge < -0.3 is 4.90 Å². The second kappa shape index (κ2) is 3.21. The van der Waals surface area contributed by atoms with Crippen LogP contribution in [0.4, 0.5) is 11.4 Å². The van der Waals surface area contributed by atoms with E-state index >= 15 is 0 Å². The molecule has 0 bridgehead atoms. The van der Waals surface area contributed by atoms with Gasteiger partial charge in [-0.25, -0.2) is 0 Å². The van der Waals surface area contributed by atoms with Gasteiger partial charge in [-0.3, -0.25) is 10.1 Å². The van der Waals surface area contributed by atoms with Gasteiger partial charge in [0.2, 0.25) is 0 Å². The van der Waals surface area contributed by atoms with Gasteiger partial charge in [-0.1, -0.05) is 0 Å². The van der Waals surface area contributed by atoms with Crippen molar-refractivity contribution in [3.8, 4) is 0 Å². The molecule has 0 fully saturated rings. The number of nitro benzene ring substituents is 1. The number of rotatable bonds is 2. The van der Waals surface area contributed by atoms with Crippen LogP contribution in [-0.4, -0.2) is 19.0 Å². The molecule has 12 heavy (non-hydrogen) atoms. The van der Waals surface area contributed by atoms with Crippen LogP contribution < -0.4 is 4.90 Å². The molecule has 0 aromatic heterocycles. The van der Waals surface area contributed by atoms with Crippen LogP contribution in [0, 0.1) is 16.2 Å². The summed E-state index contributed by atoms with van der Waals surface area (Å²) >= 11 is 0. The van der Waals surface area contributed by atoms with Crippen molar-refractivity contribution in [3.05, 3.63) is 34.4 Å². The van der Waals surface area contributed by atoms with E-state index in [0.717, 1.165) is 0 Å². The first-order chi connectivity index (χ1) is 5.61. The SMILES string of the molecule is CN(C)c1[c]ccc([N+](=O)[O-])c1. The monoisotopic (exact) mass is 165 g/mol. The summed E-state index contributed by atoms with van der Waals surface area (Å²) in [4.78, 5) is 11.7. The Labute approximate surface area is 70.6 Å². The summed E-state index contributed by atoms with van der Waals surface area (Å²) in [5, 5.41) is 10.3. The van der Waals surface area contributed by atoms with E-state index in [1.165, 1.54) is 12.1 Å². The van der Waals surface area contributed by atoms with Crippen LogP contribution in [0.5, 0.6) is 0 Å². The smallest absolute Gasteiger partial charge is 0.271 e. The van der Waals surface area contributed by atoms with Gasteiger partial charge in [0.25, 0.3) is 5.69 Å². The van der Waals surface area contributed by atoms with Crippen LogP contribution in [0.3, 0.4) is 0 Å². The molecular formula is C8H9N2O2. The highest BCUT2D eigenvalue weighted by Gasteiger charge is 2.05. The Morgan fingerprint density at radius 1 is 1.58 bits per heavy atom. The zero-order valence-corrected chi connectivity index (χ0v) is 6.94. The third-order valence-corrected chi connectivity index (χ3v) is 1.46. The number of non-ortho nitro benzene ring substituents is 1.